The molecular weight excluding hydrogens is 346 g/mol. The van der Waals surface area contributed by atoms with Crippen LogP contribution in [0.5, 0.6) is 0 Å². The number of carbonyl (C=O) groups excluding carboxylic acids is 1. The molecule has 1 aliphatic carbocycles. The monoisotopic (exact) mass is 361 g/mol. The number of para-hydroxylation sites is 2. The lowest BCUT2D eigenvalue weighted by Gasteiger charge is -2.08. The van der Waals surface area contributed by atoms with Crippen LogP contribution in [0.25, 0.3) is 21.1 Å². The van der Waals surface area contributed by atoms with Gasteiger partial charge in [-0.15, -0.1) is 0 Å². The molecule has 0 fully saturated rings. The summed E-state index contributed by atoms with van der Waals surface area (Å²) in [5.41, 5.74) is 3.80. The van der Waals surface area contributed by atoms with Gasteiger partial charge < -0.3 is 4.98 Å². The summed E-state index contributed by atoms with van der Waals surface area (Å²) in [6, 6.07) is 13.0. The fourth-order valence-corrected chi connectivity index (χ4v) is 4.46. The highest BCUT2D eigenvalue weighted by atomic mass is 32.1. The summed E-state index contributed by atoms with van der Waals surface area (Å²) in [5.74, 6) is -0.261. The number of rotatable bonds is 2. The Morgan fingerprint density at radius 3 is 2.88 bits per heavy atom. The van der Waals surface area contributed by atoms with E-state index in [2.05, 4.69) is 15.3 Å². The number of thiazole rings is 1. The lowest BCUT2D eigenvalue weighted by Crippen LogP contribution is -2.16. The van der Waals surface area contributed by atoms with Gasteiger partial charge in [0.15, 0.2) is 10.6 Å². The van der Waals surface area contributed by atoms with Crippen molar-refractivity contribution in [2.24, 2.45) is 0 Å². The zero-order valence-corrected chi connectivity index (χ0v) is 14.7. The van der Waals surface area contributed by atoms with E-state index in [0.717, 1.165) is 40.7 Å². The minimum absolute atomic E-state index is 0.0425. The Labute approximate surface area is 152 Å². The van der Waals surface area contributed by atoms with Crippen molar-refractivity contribution < 1.29 is 4.79 Å². The Morgan fingerprint density at radius 2 is 2.00 bits per heavy atom. The number of anilines is 1. The molecule has 2 N–H and O–H groups in total. The molecule has 6 heteroatoms. The fourth-order valence-electron chi connectivity index (χ4n) is 3.60. The van der Waals surface area contributed by atoms with E-state index in [1.165, 1.54) is 11.3 Å². The van der Waals surface area contributed by atoms with E-state index in [4.69, 9.17) is 0 Å². The van der Waals surface area contributed by atoms with Crippen LogP contribution in [-0.4, -0.2) is 15.9 Å². The molecule has 0 bridgehead atoms. The number of aromatic nitrogens is 2. The number of hydrogen-bond acceptors (Lipinski definition) is 4. The smallest absolute Gasteiger partial charge is 0.259 e. The van der Waals surface area contributed by atoms with E-state index in [1.54, 1.807) is 18.2 Å². The van der Waals surface area contributed by atoms with Crippen LogP contribution in [0, 0.1) is 0 Å². The van der Waals surface area contributed by atoms with Gasteiger partial charge in [0.05, 0.1) is 21.3 Å². The third-order valence-electron chi connectivity index (χ3n) is 4.84. The molecule has 2 heterocycles. The van der Waals surface area contributed by atoms with E-state index in [9.17, 15) is 9.59 Å². The standard InChI is InChI=1S/C20H15N3O2S/c24-18-11-5-4-9-14(11)21-17-12(18)6-3-7-13(17)19(25)23-20-22-15-8-1-2-10-16(15)26-20/h1-3,6-8,10H,4-5,9H2,(H,21,24)(H,22,23,25). The van der Waals surface area contributed by atoms with Gasteiger partial charge in [-0.05, 0) is 43.5 Å². The molecule has 26 heavy (non-hydrogen) atoms. The zero-order chi connectivity index (χ0) is 17.7. The van der Waals surface area contributed by atoms with Crippen molar-refractivity contribution >= 4 is 43.5 Å². The molecule has 0 saturated heterocycles. The molecule has 5 nitrogen and oxygen atoms in total. The third-order valence-corrected chi connectivity index (χ3v) is 5.79. The molecule has 0 atom stereocenters. The highest BCUT2D eigenvalue weighted by Crippen LogP contribution is 2.27. The molecule has 0 spiro atoms. The van der Waals surface area contributed by atoms with Crippen molar-refractivity contribution in [2.75, 3.05) is 5.32 Å². The molecule has 128 valence electrons. The van der Waals surface area contributed by atoms with Crippen molar-refractivity contribution in [1.82, 2.24) is 9.97 Å². The van der Waals surface area contributed by atoms with Gasteiger partial charge in [-0.25, -0.2) is 4.98 Å². The van der Waals surface area contributed by atoms with Gasteiger partial charge in [0.25, 0.3) is 5.91 Å². The summed E-state index contributed by atoms with van der Waals surface area (Å²) in [4.78, 5) is 33.3. The molecule has 5 rings (SSSR count). The number of benzene rings is 2. The van der Waals surface area contributed by atoms with Crippen LogP contribution < -0.4 is 10.7 Å². The Bertz CT molecular complexity index is 1210. The minimum atomic E-state index is -0.261. The first-order valence-electron chi connectivity index (χ1n) is 8.54. The highest BCUT2D eigenvalue weighted by molar-refractivity contribution is 7.22. The number of pyridine rings is 1. The molecular formula is C20H15N3O2S. The summed E-state index contributed by atoms with van der Waals surface area (Å²) in [6.07, 6.45) is 2.64. The van der Waals surface area contributed by atoms with Crippen molar-refractivity contribution in [1.29, 1.82) is 0 Å². The Balaban J connectivity index is 1.59. The van der Waals surface area contributed by atoms with Crippen LogP contribution in [0.3, 0.4) is 0 Å². The second-order valence-corrected chi connectivity index (χ2v) is 7.46. The molecule has 2 aromatic carbocycles. The first kappa shape index (κ1) is 15.3. The van der Waals surface area contributed by atoms with Crippen molar-refractivity contribution in [3.8, 4) is 0 Å². The fraction of sp³-hybridized carbons (Fsp3) is 0.150. The predicted octanol–water partition coefficient (Wildman–Crippen LogP) is 3.88. The molecule has 0 radical (unpaired) electrons. The maximum absolute atomic E-state index is 12.8. The highest BCUT2D eigenvalue weighted by Gasteiger charge is 2.20. The summed E-state index contributed by atoms with van der Waals surface area (Å²) in [5, 5.41) is 4.00. The third kappa shape index (κ3) is 2.34. The number of nitrogens with zero attached hydrogens (tertiary/aromatic N) is 1. The molecule has 0 aliphatic heterocycles. The Kier molecular flexibility index (Phi) is 3.39. The maximum Gasteiger partial charge on any atom is 0.259 e. The van der Waals surface area contributed by atoms with Crippen LogP contribution in [0.15, 0.2) is 47.3 Å². The summed E-state index contributed by atoms with van der Waals surface area (Å²) in [6.45, 7) is 0. The van der Waals surface area contributed by atoms with E-state index < -0.39 is 0 Å². The van der Waals surface area contributed by atoms with Gasteiger partial charge >= 0.3 is 0 Å². The first-order valence-corrected chi connectivity index (χ1v) is 9.36. The van der Waals surface area contributed by atoms with Gasteiger partial charge in [-0.1, -0.05) is 29.5 Å². The van der Waals surface area contributed by atoms with Crippen molar-refractivity contribution in [2.45, 2.75) is 19.3 Å². The SMILES string of the molecule is O=C(Nc1nc2ccccc2s1)c1cccc2c(=O)c3c([nH]c12)CCC3. The van der Waals surface area contributed by atoms with E-state index >= 15 is 0 Å². The van der Waals surface area contributed by atoms with Crippen LogP contribution in [0.1, 0.15) is 28.0 Å². The van der Waals surface area contributed by atoms with Crippen LogP contribution in [-0.2, 0) is 12.8 Å². The number of hydrogen-bond donors (Lipinski definition) is 2. The normalized spacial score (nSPS) is 13.2. The molecule has 4 aromatic rings. The topological polar surface area (TPSA) is 74.8 Å². The lowest BCUT2D eigenvalue weighted by atomic mass is 10.1. The number of H-pyrrole nitrogens is 1. The Morgan fingerprint density at radius 1 is 1.12 bits per heavy atom. The minimum Gasteiger partial charge on any atom is -0.357 e. The number of carbonyl (C=O) groups is 1. The van der Waals surface area contributed by atoms with E-state index in [-0.39, 0.29) is 11.3 Å². The number of nitrogens with one attached hydrogen (secondary N) is 2. The summed E-state index contributed by atoms with van der Waals surface area (Å²) in [7, 11) is 0. The van der Waals surface area contributed by atoms with Crippen LogP contribution in [0.2, 0.25) is 0 Å². The zero-order valence-electron chi connectivity index (χ0n) is 13.8. The molecule has 1 aliphatic rings. The predicted molar refractivity (Wildman–Crippen MR) is 104 cm³/mol. The lowest BCUT2D eigenvalue weighted by molar-refractivity contribution is 0.102. The number of fused-ring (bicyclic) bond motifs is 3. The van der Waals surface area contributed by atoms with Crippen molar-refractivity contribution in [3.05, 3.63) is 69.5 Å². The van der Waals surface area contributed by atoms with Crippen LogP contribution >= 0.6 is 11.3 Å². The number of aromatic amines is 1. The van der Waals surface area contributed by atoms with Gasteiger partial charge in [-0.3, -0.25) is 14.9 Å². The number of amides is 1. The first-order chi connectivity index (χ1) is 12.7. The van der Waals surface area contributed by atoms with Gasteiger partial charge in [0.2, 0.25) is 0 Å². The largest absolute Gasteiger partial charge is 0.357 e. The summed E-state index contributed by atoms with van der Waals surface area (Å²) >= 11 is 1.43. The van der Waals surface area contributed by atoms with Gasteiger partial charge in [0.1, 0.15) is 0 Å². The summed E-state index contributed by atoms with van der Waals surface area (Å²) < 4.78 is 1.02. The maximum atomic E-state index is 12.8. The molecule has 2 aromatic heterocycles. The van der Waals surface area contributed by atoms with Crippen molar-refractivity contribution in [3.63, 3.8) is 0 Å². The second kappa shape index (κ2) is 5.78. The number of aryl methyl sites for hydroxylation is 1. The second-order valence-electron chi connectivity index (χ2n) is 6.43. The van der Waals surface area contributed by atoms with E-state index in [1.807, 2.05) is 24.3 Å². The molecule has 0 unspecified atom stereocenters. The average Bonchev–Trinajstić information content (AvgIpc) is 3.27. The molecule has 0 saturated carbocycles. The van der Waals surface area contributed by atoms with Crippen LogP contribution in [0.4, 0.5) is 5.13 Å². The van der Waals surface area contributed by atoms with E-state index in [0.29, 0.717) is 21.6 Å². The van der Waals surface area contributed by atoms with Gasteiger partial charge in [0, 0.05) is 16.6 Å². The average molecular weight is 361 g/mol. The Hall–Kier alpha value is -2.99. The molecule has 1 amide bonds. The van der Waals surface area contributed by atoms with Gasteiger partial charge in [-0.2, -0.15) is 0 Å². The quantitative estimate of drug-likeness (QED) is 0.569.